The van der Waals surface area contributed by atoms with E-state index in [9.17, 15) is 9.59 Å². The highest BCUT2D eigenvalue weighted by Crippen LogP contribution is 2.34. The number of nitrogens with zero attached hydrogens (tertiary/aromatic N) is 1. The molecule has 1 saturated heterocycles. The van der Waals surface area contributed by atoms with Crippen molar-refractivity contribution in [2.45, 2.75) is 51.0 Å². The summed E-state index contributed by atoms with van der Waals surface area (Å²) in [6.45, 7) is 0.824. The van der Waals surface area contributed by atoms with E-state index in [1.165, 1.54) is 12.0 Å². The molecule has 4 heteroatoms. The molecule has 3 rings (SSSR count). The van der Waals surface area contributed by atoms with Gasteiger partial charge in [0.05, 0.1) is 5.92 Å². The summed E-state index contributed by atoms with van der Waals surface area (Å²) < 4.78 is 0. The molecular weight excluding hydrogens is 290 g/mol. The molecular formula is C19H25NO3. The van der Waals surface area contributed by atoms with Gasteiger partial charge in [0, 0.05) is 18.5 Å². The minimum absolute atomic E-state index is 0.0903. The van der Waals surface area contributed by atoms with E-state index < -0.39 is 5.97 Å². The van der Waals surface area contributed by atoms with Crippen molar-refractivity contribution in [3.8, 4) is 0 Å². The van der Waals surface area contributed by atoms with Gasteiger partial charge in [0.1, 0.15) is 0 Å². The number of benzene rings is 1. The molecule has 1 unspecified atom stereocenters. The van der Waals surface area contributed by atoms with Crippen LogP contribution < -0.4 is 0 Å². The molecule has 1 aliphatic carbocycles. The molecule has 1 aromatic carbocycles. The van der Waals surface area contributed by atoms with Crippen molar-refractivity contribution in [2.24, 2.45) is 11.8 Å². The topological polar surface area (TPSA) is 57.6 Å². The Labute approximate surface area is 137 Å². The number of carbonyl (C=O) groups is 2. The van der Waals surface area contributed by atoms with Gasteiger partial charge in [-0.1, -0.05) is 30.3 Å². The van der Waals surface area contributed by atoms with Gasteiger partial charge in [0.2, 0.25) is 5.91 Å². The van der Waals surface area contributed by atoms with Crippen molar-refractivity contribution in [3.63, 3.8) is 0 Å². The molecule has 1 aliphatic heterocycles. The minimum Gasteiger partial charge on any atom is -0.481 e. The van der Waals surface area contributed by atoms with Crippen LogP contribution in [0.2, 0.25) is 0 Å². The summed E-state index contributed by atoms with van der Waals surface area (Å²) in [7, 11) is 0. The van der Waals surface area contributed by atoms with E-state index in [-0.39, 0.29) is 23.8 Å². The maximum atomic E-state index is 12.9. The van der Waals surface area contributed by atoms with E-state index in [2.05, 4.69) is 12.1 Å². The monoisotopic (exact) mass is 315 g/mol. The molecule has 4 nitrogen and oxygen atoms in total. The predicted molar refractivity (Wildman–Crippen MR) is 88.0 cm³/mol. The number of piperidine rings is 1. The first-order valence-electron chi connectivity index (χ1n) is 8.72. The second kappa shape index (κ2) is 7.16. The quantitative estimate of drug-likeness (QED) is 0.929. The summed E-state index contributed by atoms with van der Waals surface area (Å²) in [6.07, 6.45) is 6.07. The number of rotatable bonds is 4. The molecule has 1 N–H and O–H groups in total. The Bertz CT molecular complexity index is 557. The zero-order valence-corrected chi connectivity index (χ0v) is 13.5. The van der Waals surface area contributed by atoms with Gasteiger partial charge < -0.3 is 10.0 Å². The number of aliphatic carboxylic acids is 1. The Morgan fingerprint density at radius 1 is 1.04 bits per heavy atom. The van der Waals surface area contributed by atoms with Gasteiger partial charge in [-0.05, 0) is 50.5 Å². The third-order valence-electron chi connectivity index (χ3n) is 5.36. The van der Waals surface area contributed by atoms with E-state index in [1.807, 2.05) is 23.1 Å². The second-order valence-corrected chi connectivity index (χ2v) is 6.92. The zero-order chi connectivity index (χ0) is 16.2. The fourth-order valence-corrected chi connectivity index (χ4v) is 4.05. The molecule has 0 radical (unpaired) electrons. The Balaban J connectivity index is 1.66. The van der Waals surface area contributed by atoms with Crippen LogP contribution in [0.4, 0.5) is 0 Å². The molecule has 23 heavy (non-hydrogen) atoms. The lowest BCUT2D eigenvalue weighted by Crippen LogP contribution is -2.47. The second-order valence-electron chi connectivity index (χ2n) is 6.92. The number of carboxylic acid groups (broad SMARTS) is 1. The van der Waals surface area contributed by atoms with E-state index in [0.717, 1.165) is 32.2 Å². The SMILES string of the molecule is O=C(O)[C@@H]1CC[C@H](C(=O)N2CCCCC2Cc2ccccc2)C1. The number of hydrogen-bond donors (Lipinski definition) is 1. The molecule has 124 valence electrons. The molecule has 0 bridgehead atoms. The summed E-state index contributed by atoms with van der Waals surface area (Å²) in [5.74, 6) is -0.983. The van der Waals surface area contributed by atoms with Gasteiger partial charge in [-0.2, -0.15) is 0 Å². The summed E-state index contributed by atoms with van der Waals surface area (Å²) >= 11 is 0. The maximum Gasteiger partial charge on any atom is 0.306 e. The first-order chi connectivity index (χ1) is 11.1. The number of amides is 1. The van der Waals surface area contributed by atoms with Crippen molar-refractivity contribution < 1.29 is 14.7 Å². The Morgan fingerprint density at radius 3 is 2.48 bits per heavy atom. The van der Waals surface area contributed by atoms with Gasteiger partial charge in [-0.15, -0.1) is 0 Å². The van der Waals surface area contributed by atoms with E-state index in [4.69, 9.17) is 5.11 Å². The number of likely N-dealkylation sites (tertiary alicyclic amines) is 1. The summed E-state index contributed by atoms with van der Waals surface area (Å²) in [6, 6.07) is 10.6. The number of carboxylic acids is 1. The predicted octanol–water partition coefficient (Wildman–Crippen LogP) is 3.11. The fourth-order valence-electron chi connectivity index (χ4n) is 4.05. The average molecular weight is 315 g/mol. The highest BCUT2D eigenvalue weighted by atomic mass is 16.4. The zero-order valence-electron chi connectivity index (χ0n) is 13.5. The maximum absolute atomic E-state index is 12.9. The lowest BCUT2D eigenvalue weighted by Gasteiger charge is -2.37. The normalized spacial score (nSPS) is 27.8. The van der Waals surface area contributed by atoms with Crippen molar-refractivity contribution in [1.29, 1.82) is 0 Å². The van der Waals surface area contributed by atoms with Crippen LogP contribution in [0.3, 0.4) is 0 Å². The molecule has 1 heterocycles. The highest BCUT2D eigenvalue weighted by Gasteiger charge is 2.38. The molecule has 1 aromatic rings. The molecule has 1 saturated carbocycles. The van der Waals surface area contributed by atoms with E-state index in [1.54, 1.807) is 0 Å². The number of hydrogen-bond acceptors (Lipinski definition) is 2. The van der Waals surface area contributed by atoms with Crippen molar-refractivity contribution in [1.82, 2.24) is 4.90 Å². The molecule has 0 aromatic heterocycles. The van der Waals surface area contributed by atoms with Crippen LogP contribution in [0.1, 0.15) is 44.1 Å². The Kier molecular flexibility index (Phi) is 4.99. The van der Waals surface area contributed by atoms with Crippen LogP contribution in [0, 0.1) is 11.8 Å². The lowest BCUT2D eigenvalue weighted by atomic mass is 9.93. The van der Waals surface area contributed by atoms with Crippen LogP contribution >= 0.6 is 0 Å². The molecule has 2 aliphatic rings. The molecule has 0 spiro atoms. The highest BCUT2D eigenvalue weighted by molar-refractivity contribution is 5.81. The smallest absolute Gasteiger partial charge is 0.306 e. The van der Waals surface area contributed by atoms with Gasteiger partial charge in [0.15, 0.2) is 0 Å². The Hall–Kier alpha value is -1.84. The average Bonchev–Trinajstić information content (AvgIpc) is 3.06. The van der Waals surface area contributed by atoms with Gasteiger partial charge in [-0.3, -0.25) is 9.59 Å². The fraction of sp³-hybridized carbons (Fsp3) is 0.579. The summed E-state index contributed by atoms with van der Waals surface area (Å²) in [5, 5.41) is 9.15. The standard InChI is InChI=1S/C19H25NO3/c21-18(15-9-10-16(13-15)19(22)23)20-11-5-4-8-17(20)12-14-6-2-1-3-7-14/h1-3,6-7,15-17H,4-5,8-13H2,(H,22,23)/t15-,16+,17?/m0/s1. The van der Waals surface area contributed by atoms with Crippen molar-refractivity contribution in [3.05, 3.63) is 35.9 Å². The van der Waals surface area contributed by atoms with Gasteiger partial charge in [-0.25, -0.2) is 0 Å². The molecule has 2 fully saturated rings. The minimum atomic E-state index is -0.750. The van der Waals surface area contributed by atoms with Crippen LogP contribution in [0.15, 0.2) is 30.3 Å². The summed E-state index contributed by atoms with van der Waals surface area (Å²) in [4.78, 5) is 26.1. The molecule has 1 amide bonds. The third-order valence-corrected chi connectivity index (χ3v) is 5.36. The van der Waals surface area contributed by atoms with Crippen LogP contribution in [-0.4, -0.2) is 34.5 Å². The first kappa shape index (κ1) is 16.0. The van der Waals surface area contributed by atoms with Crippen molar-refractivity contribution in [2.75, 3.05) is 6.54 Å². The largest absolute Gasteiger partial charge is 0.481 e. The lowest BCUT2D eigenvalue weighted by molar-refractivity contribution is -0.142. The van der Waals surface area contributed by atoms with E-state index >= 15 is 0 Å². The molecule has 3 atom stereocenters. The van der Waals surface area contributed by atoms with Crippen molar-refractivity contribution >= 4 is 11.9 Å². The van der Waals surface area contributed by atoms with E-state index in [0.29, 0.717) is 12.8 Å². The van der Waals surface area contributed by atoms with Crippen LogP contribution in [0.25, 0.3) is 0 Å². The van der Waals surface area contributed by atoms with Gasteiger partial charge in [0.25, 0.3) is 0 Å². The van der Waals surface area contributed by atoms with Crippen LogP contribution in [0.5, 0.6) is 0 Å². The summed E-state index contributed by atoms with van der Waals surface area (Å²) in [5.41, 5.74) is 1.27. The third kappa shape index (κ3) is 3.74. The van der Waals surface area contributed by atoms with Gasteiger partial charge >= 0.3 is 5.97 Å². The van der Waals surface area contributed by atoms with Crippen LogP contribution in [-0.2, 0) is 16.0 Å². The number of carbonyl (C=O) groups excluding carboxylic acids is 1. The first-order valence-corrected chi connectivity index (χ1v) is 8.72. The Morgan fingerprint density at radius 2 is 1.78 bits per heavy atom.